The minimum absolute atomic E-state index is 0.235. The van der Waals surface area contributed by atoms with Crippen molar-refractivity contribution in [2.75, 3.05) is 6.54 Å². The van der Waals surface area contributed by atoms with Gasteiger partial charge in [0.2, 0.25) is 0 Å². The zero-order chi connectivity index (χ0) is 7.56. The third-order valence-electron chi connectivity index (χ3n) is 1.74. The van der Waals surface area contributed by atoms with Gasteiger partial charge < -0.3 is 10.4 Å². The van der Waals surface area contributed by atoms with E-state index in [0.29, 0.717) is 19.4 Å². The van der Waals surface area contributed by atoms with Gasteiger partial charge in [0.05, 0.1) is 6.10 Å². The second kappa shape index (κ2) is 2.96. The van der Waals surface area contributed by atoms with Crippen LogP contribution in [0.1, 0.15) is 12.8 Å². The van der Waals surface area contributed by atoms with Gasteiger partial charge in [0.25, 0.3) is 0 Å². The van der Waals surface area contributed by atoms with Crippen LogP contribution >= 0.6 is 0 Å². The Morgan fingerprint density at radius 3 is 2.70 bits per heavy atom. The van der Waals surface area contributed by atoms with E-state index >= 15 is 0 Å². The number of aliphatic hydroxyl groups excluding tert-OH is 1. The molecule has 0 heterocycles. The van der Waals surface area contributed by atoms with Crippen LogP contribution < -0.4 is 5.32 Å². The Morgan fingerprint density at radius 1 is 1.70 bits per heavy atom. The van der Waals surface area contributed by atoms with E-state index in [2.05, 4.69) is 5.32 Å². The lowest BCUT2D eigenvalue weighted by Gasteiger charge is -2.30. The summed E-state index contributed by atoms with van der Waals surface area (Å²) < 4.78 is 11.5. The lowest BCUT2D eigenvalue weighted by molar-refractivity contribution is 0.0436. The maximum atomic E-state index is 11.5. The quantitative estimate of drug-likeness (QED) is 0.439. The third-order valence-corrected chi connectivity index (χ3v) is 1.74. The van der Waals surface area contributed by atoms with E-state index in [1.807, 2.05) is 0 Å². The maximum Gasteiger partial charge on any atom is 0.397 e. The highest BCUT2D eigenvalue weighted by atomic mass is 19.1. The molecule has 1 aliphatic rings. The van der Waals surface area contributed by atoms with Crippen LogP contribution in [0.5, 0.6) is 0 Å². The summed E-state index contributed by atoms with van der Waals surface area (Å²) in [4.78, 5) is 9.73. The van der Waals surface area contributed by atoms with Crippen molar-refractivity contribution in [3.8, 4) is 0 Å². The Bertz CT molecular complexity index is 134. The highest BCUT2D eigenvalue weighted by Crippen LogP contribution is 2.25. The van der Waals surface area contributed by atoms with Crippen molar-refractivity contribution >= 4 is 6.16 Å². The van der Waals surface area contributed by atoms with Crippen LogP contribution in [0.15, 0.2) is 0 Å². The molecule has 1 aliphatic carbocycles. The first-order valence-corrected chi connectivity index (χ1v) is 3.30. The first kappa shape index (κ1) is 7.47. The molecule has 0 aromatic carbocycles. The molecule has 58 valence electrons. The summed E-state index contributed by atoms with van der Waals surface area (Å²) in [6, 6.07) is 0. The van der Waals surface area contributed by atoms with Gasteiger partial charge in [-0.1, -0.05) is 0 Å². The highest BCUT2D eigenvalue weighted by molar-refractivity contribution is 5.65. The number of carbonyl (C=O) groups is 1. The number of amides is 1. The predicted molar refractivity (Wildman–Crippen MR) is 33.2 cm³/mol. The third kappa shape index (κ3) is 1.95. The second-order valence-corrected chi connectivity index (χ2v) is 2.65. The molecular formula is C6H10FNO2. The number of nitrogens with one attached hydrogen (secondary N) is 1. The van der Waals surface area contributed by atoms with Crippen LogP contribution in [0.4, 0.5) is 9.18 Å². The fourth-order valence-electron chi connectivity index (χ4n) is 1.09. The summed E-state index contributed by atoms with van der Waals surface area (Å²) in [5.41, 5.74) is 0. The number of hydrogen-bond donors (Lipinski definition) is 2. The SMILES string of the molecule is O=C(F)NCC1CC(O)C1. The van der Waals surface area contributed by atoms with E-state index in [9.17, 15) is 9.18 Å². The zero-order valence-corrected chi connectivity index (χ0v) is 5.51. The summed E-state index contributed by atoms with van der Waals surface area (Å²) >= 11 is 0. The van der Waals surface area contributed by atoms with Gasteiger partial charge in [0, 0.05) is 6.54 Å². The Kier molecular flexibility index (Phi) is 2.21. The van der Waals surface area contributed by atoms with E-state index in [0.717, 1.165) is 0 Å². The van der Waals surface area contributed by atoms with Gasteiger partial charge in [0.1, 0.15) is 0 Å². The summed E-state index contributed by atoms with van der Waals surface area (Å²) in [5, 5.41) is 10.8. The summed E-state index contributed by atoms with van der Waals surface area (Å²) in [6.45, 7) is 0.354. The molecule has 0 unspecified atom stereocenters. The fraction of sp³-hybridized carbons (Fsp3) is 0.833. The molecule has 1 fully saturated rings. The highest BCUT2D eigenvalue weighted by Gasteiger charge is 2.26. The molecule has 0 aliphatic heterocycles. The van der Waals surface area contributed by atoms with Gasteiger partial charge in [-0.3, -0.25) is 0 Å². The number of rotatable bonds is 2. The summed E-state index contributed by atoms with van der Waals surface area (Å²) in [7, 11) is 0. The largest absolute Gasteiger partial charge is 0.397 e. The molecule has 0 radical (unpaired) electrons. The summed E-state index contributed by atoms with van der Waals surface area (Å²) in [5.74, 6) is 0.273. The van der Waals surface area contributed by atoms with Crippen LogP contribution in [-0.2, 0) is 0 Å². The molecular weight excluding hydrogens is 137 g/mol. The average molecular weight is 147 g/mol. The van der Waals surface area contributed by atoms with Gasteiger partial charge in [-0.15, -0.1) is 4.39 Å². The van der Waals surface area contributed by atoms with Crippen molar-refractivity contribution in [1.29, 1.82) is 0 Å². The van der Waals surface area contributed by atoms with E-state index in [4.69, 9.17) is 5.11 Å². The lowest BCUT2D eigenvalue weighted by Crippen LogP contribution is -2.37. The van der Waals surface area contributed by atoms with Gasteiger partial charge in [0.15, 0.2) is 0 Å². The zero-order valence-electron chi connectivity index (χ0n) is 5.51. The van der Waals surface area contributed by atoms with E-state index in [-0.39, 0.29) is 12.0 Å². The van der Waals surface area contributed by atoms with Crippen LogP contribution in [0.3, 0.4) is 0 Å². The van der Waals surface area contributed by atoms with Gasteiger partial charge in [-0.05, 0) is 18.8 Å². The molecule has 3 nitrogen and oxygen atoms in total. The smallest absolute Gasteiger partial charge is 0.393 e. The molecule has 0 aromatic heterocycles. The maximum absolute atomic E-state index is 11.5. The van der Waals surface area contributed by atoms with Crippen molar-refractivity contribution in [3.63, 3.8) is 0 Å². The molecule has 10 heavy (non-hydrogen) atoms. The fourth-order valence-corrected chi connectivity index (χ4v) is 1.09. The Hall–Kier alpha value is -0.640. The standard InChI is InChI=1S/C6H10FNO2/c7-6(10)8-3-4-1-5(9)2-4/h4-5,9H,1-3H2,(H,8,10). The number of halogens is 1. The Labute approximate surface area is 58.2 Å². The monoisotopic (exact) mass is 147 g/mol. The van der Waals surface area contributed by atoms with Crippen molar-refractivity contribution in [3.05, 3.63) is 0 Å². The molecule has 4 heteroatoms. The first-order chi connectivity index (χ1) is 4.68. The molecule has 1 amide bonds. The van der Waals surface area contributed by atoms with Crippen molar-refractivity contribution < 1.29 is 14.3 Å². The molecule has 2 N–H and O–H groups in total. The van der Waals surface area contributed by atoms with Crippen LogP contribution in [0, 0.1) is 5.92 Å². The van der Waals surface area contributed by atoms with Gasteiger partial charge >= 0.3 is 6.16 Å². The van der Waals surface area contributed by atoms with Gasteiger partial charge in [-0.2, -0.15) is 0 Å². The molecule has 1 rings (SSSR count). The van der Waals surface area contributed by atoms with E-state index in [1.54, 1.807) is 0 Å². The molecule has 0 spiro atoms. The average Bonchev–Trinajstić information content (AvgIpc) is 1.77. The molecule has 0 bridgehead atoms. The number of carbonyl (C=O) groups excluding carboxylic acids is 1. The molecule has 0 atom stereocenters. The second-order valence-electron chi connectivity index (χ2n) is 2.65. The Balaban J connectivity index is 2.00. The summed E-state index contributed by atoms with van der Waals surface area (Å²) in [6.07, 6.45) is -0.358. The predicted octanol–water partition coefficient (Wildman–Crippen LogP) is 0.436. The molecule has 0 aromatic rings. The first-order valence-electron chi connectivity index (χ1n) is 3.30. The molecule has 0 saturated heterocycles. The van der Waals surface area contributed by atoms with Crippen molar-refractivity contribution in [1.82, 2.24) is 5.32 Å². The van der Waals surface area contributed by atoms with Crippen molar-refractivity contribution in [2.45, 2.75) is 18.9 Å². The van der Waals surface area contributed by atoms with Gasteiger partial charge in [-0.25, -0.2) is 4.79 Å². The van der Waals surface area contributed by atoms with Crippen LogP contribution in [0.2, 0.25) is 0 Å². The minimum atomic E-state index is -1.48. The number of hydrogen-bond acceptors (Lipinski definition) is 2. The van der Waals surface area contributed by atoms with Crippen LogP contribution in [0.25, 0.3) is 0 Å². The van der Waals surface area contributed by atoms with E-state index < -0.39 is 6.16 Å². The normalized spacial score (nSPS) is 31.0. The number of aliphatic hydroxyl groups is 1. The Morgan fingerprint density at radius 2 is 2.30 bits per heavy atom. The molecule has 1 saturated carbocycles. The lowest BCUT2D eigenvalue weighted by atomic mass is 9.82. The van der Waals surface area contributed by atoms with Crippen LogP contribution in [-0.4, -0.2) is 23.9 Å². The van der Waals surface area contributed by atoms with Crippen molar-refractivity contribution in [2.24, 2.45) is 5.92 Å². The topological polar surface area (TPSA) is 49.3 Å². The minimum Gasteiger partial charge on any atom is -0.393 e. The van der Waals surface area contributed by atoms with E-state index in [1.165, 1.54) is 0 Å².